The molecular weight excluding hydrogens is 252 g/mol. The van der Waals surface area contributed by atoms with Gasteiger partial charge in [-0.05, 0) is 49.3 Å². The highest BCUT2D eigenvalue weighted by atomic mass is 16.3. The number of primary amides is 1. The molecular formula is C16H24N2O2. The van der Waals surface area contributed by atoms with Gasteiger partial charge in [0.15, 0.2) is 0 Å². The van der Waals surface area contributed by atoms with Crippen LogP contribution in [0.2, 0.25) is 0 Å². The van der Waals surface area contributed by atoms with Crippen LogP contribution in [-0.2, 0) is 6.54 Å². The van der Waals surface area contributed by atoms with Gasteiger partial charge in [0.2, 0.25) is 5.91 Å². The van der Waals surface area contributed by atoms with Crippen molar-refractivity contribution in [2.75, 3.05) is 6.61 Å². The standard InChI is InChI=1S/C16H24N2O2/c1-12-5-7-16(11-19,8-6-12)18-10-13-3-2-4-14(9-13)15(17)20/h2-4,9,12,18-19H,5-8,10-11H2,1H3,(H2,17,20). The van der Waals surface area contributed by atoms with E-state index in [4.69, 9.17) is 5.73 Å². The lowest BCUT2D eigenvalue weighted by molar-refractivity contribution is 0.0999. The van der Waals surface area contributed by atoms with Crippen LogP contribution in [0.3, 0.4) is 0 Å². The van der Waals surface area contributed by atoms with Crippen LogP contribution in [0.4, 0.5) is 0 Å². The van der Waals surface area contributed by atoms with Gasteiger partial charge in [0, 0.05) is 17.6 Å². The zero-order valence-electron chi connectivity index (χ0n) is 12.1. The van der Waals surface area contributed by atoms with Crippen LogP contribution in [0, 0.1) is 5.92 Å². The topological polar surface area (TPSA) is 75.3 Å². The molecule has 2 rings (SSSR count). The molecule has 0 atom stereocenters. The summed E-state index contributed by atoms with van der Waals surface area (Å²) in [5.41, 5.74) is 6.67. The molecule has 0 radical (unpaired) electrons. The van der Waals surface area contributed by atoms with Crippen molar-refractivity contribution in [1.82, 2.24) is 5.32 Å². The third-order valence-electron chi connectivity index (χ3n) is 4.41. The van der Waals surface area contributed by atoms with Crippen LogP contribution < -0.4 is 11.1 Å². The van der Waals surface area contributed by atoms with E-state index in [-0.39, 0.29) is 12.1 Å². The van der Waals surface area contributed by atoms with Crippen LogP contribution in [0.15, 0.2) is 24.3 Å². The van der Waals surface area contributed by atoms with Crippen molar-refractivity contribution in [1.29, 1.82) is 0 Å². The monoisotopic (exact) mass is 276 g/mol. The first-order valence-corrected chi connectivity index (χ1v) is 7.29. The smallest absolute Gasteiger partial charge is 0.248 e. The SMILES string of the molecule is CC1CCC(CO)(NCc2cccc(C(N)=O)c2)CC1. The number of aliphatic hydroxyl groups is 1. The summed E-state index contributed by atoms with van der Waals surface area (Å²) in [6.45, 7) is 3.07. The fourth-order valence-electron chi connectivity index (χ4n) is 2.83. The van der Waals surface area contributed by atoms with Crippen molar-refractivity contribution in [3.05, 3.63) is 35.4 Å². The number of carbonyl (C=O) groups excluding carboxylic acids is 1. The van der Waals surface area contributed by atoms with E-state index in [2.05, 4.69) is 12.2 Å². The lowest BCUT2D eigenvalue weighted by Gasteiger charge is -2.39. The molecule has 4 heteroatoms. The quantitative estimate of drug-likeness (QED) is 0.768. The van der Waals surface area contributed by atoms with E-state index in [1.165, 1.54) is 0 Å². The molecule has 1 fully saturated rings. The third kappa shape index (κ3) is 3.58. The summed E-state index contributed by atoms with van der Waals surface area (Å²) >= 11 is 0. The van der Waals surface area contributed by atoms with Crippen LogP contribution in [0.5, 0.6) is 0 Å². The zero-order chi connectivity index (χ0) is 14.6. The number of nitrogens with one attached hydrogen (secondary N) is 1. The van der Waals surface area contributed by atoms with Crippen molar-refractivity contribution < 1.29 is 9.90 Å². The largest absolute Gasteiger partial charge is 0.394 e. The van der Waals surface area contributed by atoms with Crippen LogP contribution in [0.25, 0.3) is 0 Å². The number of nitrogens with two attached hydrogens (primary N) is 1. The molecule has 0 saturated heterocycles. The summed E-state index contributed by atoms with van der Waals surface area (Å²) in [7, 11) is 0. The highest BCUT2D eigenvalue weighted by Gasteiger charge is 2.32. The first-order chi connectivity index (χ1) is 9.54. The van der Waals surface area contributed by atoms with Crippen molar-refractivity contribution in [3.8, 4) is 0 Å². The Bertz CT molecular complexity index is 465. The number of carbonyl (C=O) groups is 1. The first kappa shape index (κ1) is 15.0. The Morgan fingerprint density at radius 3 is 2.75 bits per heavy atom. The van der Waals surface area contributed by atoms with E-state index in [1.807, 2.05) is 18.2 Å². The molecule has 0 bridgehead atoms. The van der Waals surface area contributed by atoms with E-state index in [1.54, 1.807) is 6.07 Å². The average Bonchev–Trinajstić information content (AvgIpc) is 2.47. The zero-order valence-corrected chi connectivity index (χ0v) is 12.1. The molecule has 20 heavy (non-hydrogen) atoms. The van der Waals surface area contributed by atoms with Gasteiger partial charge in [-0.3, -0.25) is 4.79 Å². The van der Waals surface area contributed by atoms with Crippen molar-refractivity contribution in [2.45, 2.75) is 44.7 Å². The Morgan fingerprint density at radius 2 is 2.15 bits per heavy atom. The van der Waals surface area contributed by atoms with E-state index >= 15 is 0 Å². The molecule has 1 aliphatic rings. The predicted octanol–water partition coefficient (Wildman–Crippen LogP) is 1.82. The molecule has 0 unspecified atom stereocenters. The Labute approximate surface area is 120 Å². The molecule has 1 saturated carbocycles. The van der Waals surface area contributed by atoms with E-state index in [0.717, 1.165) is 37.2 Å². The maximum atomic E-state index is 11.2. The van der Waals surface area contributed by atoms with Gasteiger partial charge >= 0.3 is 0 Å². The Hall–Kier alpha value is -1.39. The number of amides is 1. The molecule has 1 aliphatic carbocycles. The second kappa shape index (κ2) is 6.37. The summed E-state index contributed by atoms with van der Waals surface area (Å²) in [6.07, 6.45) is 4.30. The van der Waals surface area contributed by atoms with Crippen LogP contribution in [0.1, 0.15) is 48.5 Å². The Balaban J connectivity index is 1.99. The molecule has 4 nitrogen and oxygen atoms in total. The van der Waals surface area contributed by atoms with Crippen LogP contribution in [-0.4, -0.2) is 23.2 Å². The number of rotatable bonds is 5. The second-order valence-electron chi connectivity index (χ2n) is 6.04. The summed E-state index contributed by atoms with van der Waals surface area (Å²) in [6, 6.07) is 7.34. The predicted molar refractivity (Wildman–Crippen MR) is 79.2 cm³/mol. The maximum Gasteiger partial charge on any atom is 0.248 e. The van der Waals surface area contributed by atoms with Crippen molar-refractivity contribution in [2.24, 2.45) is 11.7 Å². The minimum absolute atomic E-state index is 0.162. The number of hydrogen-bond donors (Lipinski definition) is 3. The van der Waals surface area contributed by atoms with Gasteiger partial charge < -0.3 is 16.2 Å². The van der Waals surface area contributed by atoms with Gasteiger partial charge in [0.25, 0.3) is 0 Å². The van der Waals surface area contributed by atoms with E-state index < -0.39 is 5.91 Å². The Kier molecular flexibility index (Phi) is 4.78. The second-order valence-corrected chi connectivity index (χ2v) is 6.04. The molecule has 0 heterocycles. The highest BCUT2D eigenvalue weighted by molar-refractivity contribution is 5.92. The summed E-state index contributed by atoms with van der Waals surface area (Å²) in [4.78, 5) is 11.2. The van der Waals surface area contributed by atoms with Crippen molar-refractivity contribution in [3.63, 3.8) is 0 Å². The first-order valence-electron chi connectivity index (χ1n) is 7.29. The molecule has 1 aromatic rings. The Morgan fingerprint density at radius 1 is 1.45 bits per heavy atom. The van der Waals surface area contributed by atoms with Gasteiger partial charge in [0.1, 0.15) is 0 Å². The van der Waals surface area contributed by atoms with E-state index in [0.29, 0.717) is 12.1 Å². The molecule has 1 aromatic carbocycles. The molecule has 110 valence electrons. The van der Waals surface area contributed by atoms with Crippen LogP contribution >= 0.6 is 0 Å². The number of hydrogen-bond acceptors (Lipinski definition) is 3. The number of benzene rings is 1. The molecule has 0 aromatic heterocycles. The highest BCUT2D eigenvalue weighted by Crippen LogP contribution is 2.31. The summed E-state index contributed by atoms with van der Waals surface area (Å²) in [5, 5.41) is 13.2. The minimum atomic E-state index is -0.407. The molecule has 0 aliphatic heterocycles. The molecule has 0 spiro atoms. The normalized spacial score (nSPS) is 26.4. The fourth-order valence-corrected chi connectivity index (χ4v) is 2.83. The van der Waals surface area contributed by atoms with E-state index in [9.17, 15) is 9.90 Å². The average molecular weight is 276 g/mol. The maximum absolute atomic E-state index is 11.2. The van der Waals surface area contributed by atoms with Gasteiger partial charge in [-0.25, -0.2) is 0 Å². The number of aliphatic hydroxyl groups excluding tert-OH is 1. The summed E-state index contributed by atoms with van der Waals surface area (Å²) < 4.78 is 0. The summed E-state index contributed by atoms with van der Waals surface area (Å²) in [5.74, 6) is 0.338. The lowest BCUT2D eigenvalue weighted by atomic mass is 9.77. The van der Waals surface area contributed by atoms with Gasteiger partial charge in [-0.2, -0.15) is 0 Å². The van der Waals surface area contributed by atoms with Gasteiger partial charge in [0.05, 0.1) is 6.61 Å². The van der Waals surface area contributed by atoms with Gasteiger partial charge in [-0.1, -0.05) is 19.1 Å². The third-order valence-corrected chi connectivity index (χ3v) is 4.41. The lowest BCUT2D eigenvalue weighted by Crippen LogP contribution is -2.50. The van der Waals surface area contributed by atoms with Gasteiger partial charge in [-0.15, -0.1) is 0 Å². The fraction of sp³-hybridized carbons (Fsp3) is 0.562. The molecule has 4 N–H and O–H groups in total. The minimum Gasteiger partial charge on any atom is -0.394 e. The van der Waals surface area contributed by atoms with Crippen molar-refractivity contribution >= 4 is 5.91 Å². The molecule has 1 amide bonds.